The lowest BCUT2D eigenvalue weighted by atomic mass is 9.98. The maximum atomic E-state index is 14.1. The van der Waals surface area contributed by atoms with Crippen molar-refractivity contribution in [2.24, 2.45) is 5.92 Å². The predicted molar refractivity (Wildman–Crippen MR) is 164 cm³/mol. The average Bonchev–Trinajstić information content (AvgIpc) is 2.92. The Hall–Kier alpha value is -4.45. The molecule has 0 spiro atoms. The van der Waals surface area contributed by atoms with Crippen LogP contribution in [0.2, 0.25) is 0 Å². The Morgan fingerprint density at radius 2 is 1.71 bits per heavy atom. The van der Waals surface area contributed by atoms with Crippen molar-refractivity contribution in [2.45, 2.75) is 73.1 Å². The second-order valence-corrected chi connectivity index (χ2v) is 11.7. The first-order valence-corrected chi connectivity index (χ1v) is 14.2. The number of aromatic nitrogens is 2. The van der Waals surface area contributed by atoms with Gasteiger partial charge >= 0.3 is 6.09 Å². The molecule has 9 nitrogen and oxygen atoms in total. The molecule has 0 radical (unpaired) electrons. The molecule has 1 aromatic heterocycles. The molecule has 1 heterocycles. The van der Waals surface area contributed by atoms with E-state index in [-0.39, 0.29) is 37.1 Å². The van der Waals surface area contributed by atoms with Gasteiger partial charge in [-0.2, -0.15) is 0 Å². The van der Waals surface area contributed by atoms with Gasteiger partial charge in [-0.1, -0.05) is 61.9 Å². The van der Waals surface area contributed by atoms with E-state index in [0.717, 1.165) is 11.1 Å². The van der Waals surface area contributed by atoms with E-state index in [9.17, 15) is 14.4 Å². The van der Waals surface area contributed by atoms with E-state index in [1.54, 1.807) is 44.7 Å². The Kier molecular flexibility index (Phi) is 10.6. The van der Waals surface area contributed by atoms with Crippen LogP contribution in [0, 0.1) is 26.3 Å². The van der Waals surface area contributed by atoms with E-state index < -0.39 is 23.3 Å². The highest BCUT2D eigenvalue weighted by Crippen LogP contribution is 2.30. The van der Waals surface area contributed by atoms with Gasteiger partial charge in [0.1, 0.15) is 11.4 Å². The fraction of sp³-hybridized carbons (Fsp3) is 0.424. The summed E-state index contributed by atoms with van der Waals surface area (Å²) in [6, 6.07) is 16.3. The molecule has 2 aromatic carbocycles. The first kappa shape index (κ1) is 32.1. The van der Waals surface area contributed by atoms with E-state index in [1.165, 1.54) is 4.57 Å². The summed E-state index contributed by atoms with van der Waals surface area (Å²) in [6.45, 7) is 21.4. The van der Waals surface area contributed by atoms with Crippen LogP contribution in [0.15, 0.2) is 59.4 Å². The molecule has 1 unspecified atom stereocenters. The van der Waals surface area contributed by atoms with E-state index >= 15 is 0 Å². The molecule has 0 aliphatic heterocycles. The summed E-state index contributed by atoms with van der Waals surface area (Å²) in [5.74, 6) is 0.0769. The first-order chi connectivity index (χ1) is 19.8. The molecular weight excluding hydrogens is 530 g/mol. The van der Waals surface area contributed by atoms with Crippen LogP contribution < -0.4 is 10.9 Å². The minimum Gasteiger partial charge on any atom is -0.444 e. The molecule has 0 bridgehead atoms. The smallest absolute Gasteiger partial charge is 0.407 e. The van der Waals surface area contributed by atoms with Crippen LogP contribution in [-0.4, -0.2) is 45.1 Å². The van der Waals surface area contributed by atoms with Gasteiger partial charge in [0, 0.05) is 18.7 Å². The molecular formula is C33H41N5O4. The summed E-state index contributed by atoms with van der Waals surface area (Å²) in [4.78, 5) is 50.0. The van der Waals surface area contributed by atoms with Gasteiger partial charge in [0.05, 0.1) is 24.9 Å². The number of carbonyl (C=O) groups is 2. The number of amides is 2. The lowest BCUT2D eigenvalue weighted by Crippen LogP contribution is -2.43. The molecule has 222 valence electrons. The maximum absolute atomic E-state index is 14.1. The lowest BCUT2D eigenvalue weighted by molar-refractivity contribution is 0.0519. The van der Waals surface area contributed by atoms with Crippen LogP contribution in [0.4, 0.5) is 10.5 Å². The van der Waals surface area contributed by atoms with Gasteiger partial charge in [-0.15, -0.1) is 0 Å². The summed E-state index contributed by atoms with van der Waals surface area (Å²) in [5.41, 5.74) is 1.66. The lowest BCUT2D eigenvalue weighted by Gasteiger charge is -2.36. The molecule has 42 heavy (non-hydrogen) atoms. The highest BCUT2D eigenvalue weighted by Gasteiger charge is 2.33. The highest BCUT2D eigenvalue weighted by molar-refractivity contribution is 5.94. The van der Waals surface area contributed by atoms with Crippen molar-refractivity contribution in [1.82, 2.24) is 19.8 Å². The zero-order valence-corrected chi connectivity index (χ0v) is 25.6. The van der Waals surface area contributed by atoms with Crippen LogP contribution >= 0.6 is 0 Å². The fourth-order valence-electron chi connectivity index (χ4n) is 4.73. The third-order valence-electron chi connectivity index (χ3n) is 6.68. The van der Waals surface area contributed by atoms with E-state index in [1.807, 2.05) is 63.2 Å². The van der Waals surface area contributed by atoms with E-state index in [2.05, 4.69) is 10.2 Å². The Morgan fingerprint density at radius 3 is 2.29 bits per heavy atom. The number of nitrogens with zero attached hydrogens (tertiary/aromatic N) is 4. The molecule has 1 atom stereocenters. The first-order valence-electron chi connectivity index (χ1n) is 14.2. The SMILES string of the molecule is [C-]#[N+]c1c(C)nc(C(C(C)C)N(CCCNC(=O)OC(C)(C)C)C(=O)c2ccc(C)cc2)n(Cc2ccccc2)c1=O. The Labute approximate surface area is 248 Å². The number of alkyl carbamates (subject to hydrolysis) is 1. The molecule has 3 aromatic rings. The fourth-order valence-corrected chi connectivity index (χ4v) is 4.73. The van der Waals surface area contributed by atoms with Gasteiger partial charge in [0.15, 0.2) is 0 Å². The molecule has 0 aliphatic carbocycles. The van der Waals surface area contributed by atoms with Crippen LogP contribution in [0.3, 0.4) is 0 Å². The Bertz CT molecular complexity index is 1480. The molecule has 0 saturated heterocycles. The average molecular weight is 572 g/mol. The molecule has 3 rings (SSSR count). The number of ether oxygens (including phenoxy) is 1. The molecule has 0 saturated carbocycles. The van der Waals surface area contributed by atoms with E-state index in [0.29, 0.717) is 23.5 Å². The summed E-state index contributed by atoms with van der Waals surface area (Å²) < 4.78 is 6.87. The van der Waals surface area contributed by atoms with E-state index in [4.69, 9.17) is 16.3 Å². The maximum Gasteiger partial charge on any atom is 0.407 e. The molecule has 0 fully saturated rings. The minimum atomic E-state index is -0.621. The quantitative estimate of drug-likeness (QED) is 0.230. The van der Waals surface area contributed by atoms with Crippen molar-refractivity contribution in [3.8, 4) is 0 Å². The van der Waals surface area contributed by atoms with Crippen LogP contribution in [0.1, 0.15) is 80.1 Å². The summed E-state index contributed by atoms with van der Waals surface area (Å²) in [7, 11) is 0. The highest BCUT2D eigenvalue weighted by atomic mass is 16.6. The molecule has 1 N–H and O–H groups in total. The largest absolute Gasteiger partial charge is 0.444 e. The van der Waals surface area contributed by atoms with Gasteiger partial charge in [-0.3, -0.25) is 14.2 Å². The molecule has 2 amide bonds. The normalized spacial score (nSPS) is 12.0. The van der Waals surface area contributed by atoms with Crippen LogP contribution in [0.25, 0.3) is 4.85 Å². The number of nitrogens with one attached hydrogen (secondary N) is 1. The van der Waals surface area contributed by atoms with Crippen LogP contribution in [-0.2, 0) is 11.3 Å². The third-order valence-corrected chi connectivity index (χ3v) is 6.68. The van der Waals surface area contributed by atoms with Crippen molar-refractivity contribution in [2.75, 3.05) is 13.1 Å². The molecule has 9 heteroatoms. The van der Waals surface area contributed by atoms with Gasteiger partial charge in [0.2, 0.25) is 0 Å². The zero-order valence-electron chi connectivity index (χ0n) is 25.6. The van der Waals surface area contributed by atoms with Crippen molar-refractivity contribution in [3.05, 3.63) is 105 Å². The topological polar surface area (TPSA) is 97.9 Å². The number of rotatable bonds is 10. The standard InChI is InChI=1S/C33H41N5O4/c1-22(2)28(29-36-24(4)27(34-8)31(40)38(29)21-25-13-10-9-11-14-25)37(30(39)26-17-15-23(3)16-18-26)20-12-19-35-32(41)42-33(5,6)7/h9-11,13-18,22,28H,12,19-21H2,1-7H3,(H,35,41). The predicted octanol–water partition coefficient (Wildman–Crippen LogP) is 6.21. The van der Waals surface area contributed by atoms with Crippen molar-refractivity contribution >= 4 is 17.7 Å². The number of hydrogen-bond acceptors (Lipinski definition) is 5. The number of benzene rings is 2. The summed E-state index contributed by atoms with van der Waals surface area (Å²) in [5, 5.41) is 2.76. The second kappa shape index (κ2) is 13.9. The number of aryl methyl sites for hydroxylation is 2. The van der Waals surface area contributed by atoms with Gasteiger partial charge in [0.25, 0.3) is 17.2 Å². The monoisotopic (exact) mass is 571 g/mol. The number of carbonyl (C=O) groups excluding carboxylic acids is 2. The second-order valence-electron chi connectivity index (χ2n) is 11.7. The molecule has 0 aliphatic rings. The van der Waals surface area contributed by atoms with Gasteiger partial charge < -0.3 is 15.0 Å². The van der Waals surface area contributed by atoms with Gasteiger partial charge in [-0.05, 0) is 64.7 Å². The van der Waals surface area contributed by atoms with Crippen molar-refractivity contribution < 1.29 is 14.3 Å². The zero-order chi connectivity index (χ0) is 31.0. The third kappa shape index (κ3) is 8.29. The summed E-state index contributed by atoms with van der Waals surface area (Å²) in [6.07, 6.45) is -0.0784. The van der Waals surface area contributed by atoms with Crippen molar-refractivity contribution in [1.29, 1.82) is 0 Å². The number of hydrogen-bond donors (Lipinski definition) is 1. The van der Waals surface area contributed by atoms with Crippen LogP contribution in [0.5, 0.6) is 0 Å². The van der Waals surface area contributed by atoms with Gasteiger partial charge in [-0.25, -0.2) is 14.6 Å². The Morgan fingerprint density at radius 1 is 1.07 bits per heavy atom. The minimum absolute atomic E-state index is 0.0323. The van der Waals surface area contributed by atoms with Crippen molar-refractivity contribution in [3.63, 3.8) is 0 Å². The Balaban J connectivity index is 2.07. The summed E-state index contributed by atoms with van der Waals surface area (Å²) >= 11 is 0.